The van der Waals surface area contributed by atoms with Crippen LogP contribution in [0.5, 0.6) is 0 Å². The number of nitrogens with one attached hydrogen (secondary N) is 1. The highest BCUT2D eigenvalue weighted by Crippen LogP contribution is 2.10. The number of rotatable bonds is 3. The smallest absolute Gasteiger partial charge is 0.0951 e. The minimum atomic E-state index is 1.02. The molecular weight excluding hydrogens is 174 g/mol. The molecular formula is C11H17N3. The average Bonchev–Trinajstić information content (AvgIpc) is 2.67. The first-order valence-electron chi connectivity index (χ1n) is 5.27. The third-order valence-corrected chi connectivity index (χ3v) is 2.69. The molecule has 0 radical (unpaired) electrons. The first kappa shape index (κ1) is 9.46. The Kier molecular flexibility index (Phi) is 2.99. The molecule has 0 saturated heterocycles. The minimum Gasteiger partial charge on any atom is -0.331 e. The Balaban J connectivity index is 2.06. The summed E-state index contributed by atoms with van der Waals surface area (Å²) in [7, 11) is 0. The van der Waals surface area contributed by atoms with Crippen molar-refractivity contribution in [3.63, 3.8) is 0 Å². The van der Waals surface area contributed by atoms with Gasteiger partial charge in [0.15, 0.2) is 0 Å². The molecule has 2 heterocycles. The van der Waals surface area contributed by atoms with E-state index in [4.69, 9.17) is 0 Å². The standard InChI is InChI=1S/C11H17N3/c1-2-11-7-13-9-14(11)8-10-3-5-12-6-4-10/h3,7,9,12H,2,4-6,8H2,1H3. The molecule has 0 spiro atoms. The maximum atomic E-state index is 4.18. The van der Waals surface area contributed by atoms with E-state index in [1.807, 2.05) is 12.5 Å². The van der Waals surface area contributed by atoms with Crippen LogP contribution in [0.2, 0.25) is 0 Å². The molecule has 3 nitrogen and oxygen atoms in total. The van der Waals surface area contributed by atoms with Gasteiger partial charge in [0, 0.05) is 25.0 Å². The second kappa shape index (κ2) is 4.42. The predicted octanol–water partition coefficient (Wildman–Crippen LogP) is 1.37. The third-order valence-electron chi connectivity index (χ3n) is 2.69. The van der Waals surface area contributed by atoms with Crippen molar-refractivity contribution in [2.75, 3.05) is 13.1 Å². The number of aromatic nitrogens is 2. The maximum absolute atomic E-state index is 4.18. The highest BCUT2D eigenvalue weighted by molar-refractivity contribution is 5.09. The Morgan fingerprint density at radius 2 is 2.50 bits per heavy atom. The average molecular weight is 191 g/mol. The Labute approximate surface area is 84.8 Å². The summed E-state index contributed by atoms with van der Waals surface area (Å²) in [5.41, 5.74) is 2.85. The monoisotopic (exact) mass is 191 g/mol. The minimum absolute atomic E-state index is 1.02. The van der Waals surface area contributed by atoms with E-state index < -0.39 is 0 Å². The fourth-order valence-corrected chi connectivity index (χ4v) is 1.82. The van der Waals surface area contributed by atoms with E-state index in [0.717, 1.165) is 26.1 Å². The van der Waals surface area contributed by atoms with Gasteiger partial charge in [0.1, 0.15) is 0 Å². The number of aryl methyl sites for hydroxylation is 1. The van der Waals surface area contributed by atoms with E-state index in [9.17, 15) is 0 Å². The summed E-state index contributed by atoms with van der Waals surface area (Å²) in [6, 6.07) is 0. The van der Waals surface area contributed by atoms with Crippen molar-refractivity contribution in [3.8, 4) is 0 Å². The van der Waals surface area contributed by atoms with Crippen molar-refractivity contribution in [2.24, 2.45) is 0 Å². The molecule has 0 atom stereocenters. The van der Waals surface area contributed by atoms with Crippen LogP contribution in [0.1, 0.15) is 19.0 Å². The van der Waals surface area contributed by atoms with Crippen LogP contribution in [0, 0.1) is 0 Å². The molecule has 0 aliphatic carbocycles. The lowest BCUT2D eigenvalue weighted by molar-refractivity contribution is 0.639. The fourth-order valence-electron chi connectivity index (χ4n) is 1.82. The van der Waals surface area contributed by atoms with Gasteiger partial charge < -0.3 is 9.88 Å². The largest absolute Gasteiger partial charge is 0.331 e. The quantitative estimate of drug-likeness (QED) is 0.731. The van der Waals surface area contributed by atoms with Crippen molar-refractivity contribution in [2.45, 2.75) is 26.3 Å². The van der Waals surface area contributed by atoms with Gasteiger partial charge in [-0.2, -0.15) is 0 Å². The van der Waals surface area contributed by atoms with Crippen LogP contribution >= 0.6 is 0 Å². The zero-order chi connectivity index (χ0) is 9.80. The lowest BCUT2D eigenvalue weighted by atomic mass is 10.1. The van der Waals surface area contributed by atoms with Crippen LogP contribution in [0.3, 0.4) is 0 Å². The van der Waals surface area contributed by atoms with E-state index >= 15 is 0 Å². The molecule has 1 aromatic heterocycles. The van der Waals surface area contributed by atoms with Gasteiger partial charge in [-0.05, 0) is 19.4 Å². The number of nitrogens with zero attached hydrogens (tertiary/aromatic N) is 2. The fraction of sp³-hybridized carbons (Fsp3) is 0.545. The summed E-state index contributed by atoms with van der Waals surface area (Å²) in [6.45, 7) is 5.32. The molecule has 1 aromatic rings. The predicted molar refractivity (Wildman–Crippen MR) is 57.2 cm³/mol. The van der Waals surface area contributed by atoms with Crippen molar-refractivity contribution in [3.05, 3.63) is 29.9 Å². The molecule has 2 rings (SSSR count). The van der Waals surface area contributed by atoms with Crippen LogP contribution in [-0.4, -0.2) is 22.6 Å². The van der Waals surface area contributed by atoms with Crippen LogP contribution in [0.4, 0.5) is 0 Å². The molecule has 0 saturated carbocycles. The van der Waals surface area contributed by atoms with Crippen molar-refractivity contribution < 1.29 is 0 Å². The SMILES string of the molecule is CCc1cncn1CC1=CCNCC1. The molecule has 1 aliphatic heterocycles. The Bertz CT molecular complexity index is 325. The summed E-state index contributed by atoms with van der Waals surface area (Å²) >= 11 is 0. The van der Waals surface area contributed by atoms with Crippen molar-refractivity contribution >= 4 is 0 Å². The van der Waals surface area contributed by atoms with E-state index in [2.05, 4.69) is 27.9 Å². The summed E-state index contributed by atoms with van der Waals surface area (Å²) < 4.78 is 2.25. The summed E-state index contributed by atoms with van der Waals surface area (Å²) in [5.74, 6) is 0. The van der Waals surface area contributed by atoms with E-state index in [-0.39, 0.29) is 0 Å². The molecule has 76 valence electrons. The van der Waals surface area contributed by atoms with Gasteiger partial charge in [0.05, 0.1) is 6.33 Å². The lowest BCUT2D eigenvalue weighted by Crippen LogP contribution is -2.22. The second-order valence-electron chi connectivity index (χ2n) is 3.68. The maximum Gasteiger partial charge on any atom is 0.0951 e. The van der Waals surface area contributed by atoms with Crippen molar-refractivity contribution in [1.82, 2.24) is 14.9 Å². The number of imidazole rings is 1. The zero-order valence-corrected chi connectivity index (χ0v) is 8.66. The third kappa shape index (κ3) is 2.04. The topological polar surface area (TPSA) is 29.9 Å². The molecule has 1 N–H and O–H groups in total. The Morgan fingerprint density at radius 1 is 1.57 bits per heavy atom. The van der Waals surface area contributed by atoms with Gasteiger partial charge in [0.25, 0.3) is 0 Å². The van der Waals surface area contributed by atoms with Crippen LogP contribution in [-0.2, 0) is 13.0 Å². The molecule has 0 bridgehead atoms. The normalized spacial score (nSPS) is 16.8. The van der Waals surface area contributed by atoms with Gasteiger partial charge in [-0.3, -0.25) is 0 Å². The second-order valence-corrected chi connectivity index (χ2v) is 3.68. The van der Waals surface area contributed by atoms with Crippen LogP contribution in [0.25, 0.3) is 0 Å². The van der Waals surface area contributed by atoms with E-state index in [1.54, 1.807) is 0 Å². The van der Waals surface area contributed by atoms with Crippen LogP contribution < -0.4 is 5.32 Å². The highest BCUT2D eigenvalue weighted by Gasteiger charge is 2.05. The van der Waals surface area contributed by atoms with Gasteiger partial charge in [0.2, 0.25) is 0 Å². The first-order chi connectivity index (χ1) is 6.90. The van der Waals surface area contributed by atoms with E-state index in [0.29, 0.717) is 0 Å². The molecule has 0 fully saturated rings. The molecule has 0 aromatic carbocycles. The lowest BCUT2D eigenvalue weighted by Gasteiger charge is -2.15. The van der Waals surface area contributed by atoms with Gasteiger partial charge in [-0.25, -0.2) is 4.98 Å². The summed E-state index contributed by atoms with van der Waals surface area (Å²) in [5, 5.41) is 3.32. The van der Waals surface area contributed by atoms with E-state index in [1.165, 1.54) is 17.7 Å². The molecule has 0 amide bonds. The van der Waals surface area contributed by atoms with Crippen LogP contribution in [0.15, 0.2) is 24.2 Å². The molecule has 3 heteroatoms. The van der Waals surface area contributed by atoms with Crippen molar-refractivity contribution in [1.29, 1.82) is 0 Å². The van der Waals surface area contributed by atoms with Gasteiger partial charge in [-0.1, -0.05) is 18.6 Å². The summed E-state index contributed by atoms with van der Waals surface area (Å²) in [6.07, 6.45) is 8.42. The number of hydrogen-bond donors (Lipinski definition) is 1. The molecule has 14 heavy (non-hydrogen) atoms. The summed E-state index contributed by atoms with van der Waals surface area (Å²) in [4.78, 5) is 4.18. The molecule has 0 unspecified atom stereocenters. The number of hydrogen-bond acceptors (Lipinski definition) is 2. The molecule has 1 aliphatic rings. The van der Waals surface area contributed by atoms with Gasteiger partial charge in [-0.15, -0.1) is 0 Å². The Hall–Kier alpha value is -1.09. The Morgan fingerprint density at radius 3 is 3.21 bits per heavy atom. The highest BCUT2D eigenvalue weighted by atomic mass is 15.0. The van der Waals surface area contributed by atoms with Gasteiger partial charge >= 0.3 is 0 Å². The first-order valence-corrected chi connectivity index (χ1v) is 5.27. The zero-order valence-electron chi connectivity index (χ0n) is 8.66.